The van der Waals surface area contributed by atoms with Crippen molar-refractivity contribution in [2.75, 3.05) is 0 Å². The summed E-state index contributed by atoms with van der Waals surface area (Å²) in [7, 11) is 0. The number of aromatic nitrogens is 3. The van der Waals surface area contributed by atoms with Gasteiger partial charge in [0.25, 0.3) is 0 Å². The van der Waals surface area contributed by atoms with E-state index in [0.717, 1.165) is 51.5 Å². The summed E-state index contributed by atoms with van der Waals surface area (Å²) in [6.45, 7) is 0. The second-order valence-corrected chi connectivity index (χ2v) is 13.1. The Labute approximate surface area is 290 Å². The first-order valence-corrected chi connectivity index (χ1v) is 17.2. The third-order valence-electron chi connectivity index (χ3n) is 10.3. The van der Waals surface area contributed by atoms with Crippen molar-refractivity contribution in [1.82, 2.24) is 15.0 Å². The lowest BCUT2D eigenvalue weighted by atomic mass is 9.68. The summed E-state index contributed by atoms with van der Waals surface area (Å²) in [5, 5.41) is 2.06. The van der Waals surface area contributed by atoms with Gasteiger partial charge in [-0.15, -0.1) is 0 Å². The van der Waals surface area contributed by atoms with Gasteiger partial charge in [0.05, 0.1) is 5.41 Å². The zero-order chi connectivity index (χ0) is 33.1. The molecule has 50 heavy (non-hydrogen) atoms. The van der Waals surface area contributed by atoms with Crippen LogP contribution in [-0.4, -0.2) is 15.0 Å². The van der Waals surface area contributed by atoms with Crippen molar-refractivity contribution in [2.45, 2.75) is 18.3 Å². The maximum atomic E-state index is 6.95. The Balaban J connectivity index is 1.25. The van der Waals surface area contributed by atoms with Crippen LogP contribution in [0.3, 0.4) is 0 Å². The average molecular weight is 642 g/mol. The fourth-order valence-corrected chi connectivity index (χ4v) is 8.18. The van der Waals surface area contributed by atoms with E-state index in [2.05, 4.69) is 97.1 Å². The van der Waals surface area contributed by atoms with Crippen LogP contribution < -0.4 is 0 Å². The summed E-state index contributed by atoms with van der Waals surface area (Å²) in [4.78, 5) is 15.1. The second kappa shape index (κ2) is 11.4. The molecule has 4 nitrogen and oxygen atoms in total. The summed E-state index contributed by atoms with van der Waals surface area (Å²) in [6, 6.07) is 48.9. The molecule has 1 unspecified atom stereocenters. The van der Waals surface area contributed by atoms with Crippen LogP contribution in [0.2, 0.25) is 0 Å². The number of benzene rings is 6. The molecule has 0 radical (unpaired) electrons. The Morgan fingerprint density at radius 3 is 1.92 bits per heavy atom. The van der Waals surface area contributed by atoms with E-state index in [-0.39, 0.29) is 5.41 Å². The van der Waals surface area contributed by atoms with Crippen molar-refractivity contribution in [3.8, 4) is 45.3 Å². The fourth-order valence-electron chi connectivity index (χ4n) is 8.18. The van der Waals surface area contributed by atoms with Crippen LogP contribution in [0.1, 0.15) is 28.7 Å². The number of rotatable bonds is 3. The van der Waals surface area contributed by atoms with E-state index >= 15 is 0 Å². The van der Waals surface area contributed by atoms with E-state index < -0.39 is 0 Å². The molecule has 8 aromatic rings. The Morgan fingerprint density at radius 1 is 0.500 bits per heavy atom. The molecule has 1 atom stereocenters. The van der Waals surface area contributed by atoms with Crippen LogP contribution in [0.4, 0.5) is 0 Å². The maximum Gasteiger partial charge on any atom is 0.164 e. The molecule has 2 aliphatic rings. The molecule has 0 saturated carbocycles. The van der Waals surface area contributed by atoms with Gasteiger partial charge in [0.2, 0.25) is 0 Å². The highest BCUT2D eigenvalue weighted by Gasteiger charge is 2.46. The minimum atomic E-state index is -0.343. The summed E-state index contributed by atoms with van der Waals surface area (Å²) in [5.74, 6) is 1.89. The van der Waals surface area contributed by atoms with E-state index in [1.54, 1.807) is 0 Å². The fraction of sp³-hybridized carbons (Fsp3) is 0.0652. The minimum absolute atomic E-state index is 0.343. The molecule has 0 N–H and O–H groups in total. The largest absolute Gasteiger partial charge is 0.455 e. The highest BCUT2D eigenvalue weighted by atomic mass is 16.3. The lowest BCUT2D eigenvalue weighted by molar-refractivity contribution is 0.636. The Hall–Kier alpha value is -6.39. The van der Waals surface area contributed by atoms with Gasteiger partial charge in [-0.2, -0.15) is 0 Å². The summed E-state index contributed by atoms with van der Waals surface area (Å²) >= 11 is 0. The monoisotopic (exact) mass is 641 g/mol. The molecule has 236 valence electrons. The summed E-state index contributed by atoms with van der Waals surface area (Å²) in [6.07, 6.45) is 10.7. The van der Waals surface area contributed by atoms with Gasteiger partial charge in [0, 0.05) is 33.0 Å². The normalized spacial score (nSPS) is 17.4. The number of fused-ring (bicyclic) bond motifs is 11. The molecule has 0 amide bonds. The molecule has 0 saturated heterocycles. The molecule has 6 aromatic carbocycles. The van der Waals surface area contributed by atoms with Crippen LogP contribution in [0.25, 0.3) is 67.2 Å². The van der Waals surface area contributed by atoms with Crippen molar-refractivity contribution in [1.29, 1.82) is 0 Å². The first-order chi connectivity index (χ1) is 24.8. The van der Waals surface area contributed by atoms with E-state index in [1.165, 1.54) is 33.4 Å². The van der Waals surface area contributed by atoms with Crippen LogP contribution in [-0.2, 0) is 11.8 Å². The lowest BCUT2D eigenvalue weighted by Crippen LogP contribution is -2.27. The minimum Gasteiger partial charge on any atom is -0.455 e. The Kier molecular flexibility index (Phi) is 6.50. The first-order valence-electron chi connectivity index (χ1n) is 17.2. The van der Waals surface area contributed by atoms with Crippen molar-refractivity contribution in [3.63, 3.8) is 0 Å². The van der Waals surface area contributed by atoms with Crippen LogP contribution in [0.5, 0.6) is 0 Å². The molecular weight excluding hydrogens is 611 g/mol. The topological polar surface area (TPSA) is 51.8 Å². The number of furan rings is 1. The average Bonchev–Trinajstić information content (AvgIpc) is 3.73. The predicted octanol–water partition coefficient (Wildman–Crippen LogP) is 11.1. The quantitative estimate of drug-likeness (QED) is 0.193. The summed E-state index contributed by atoms with van der Waals surface area (Å²) < 4.78 is 6.95. The standard InChI is InChI=1S/C46H31N3O/c1-2-14-29-46(36-24-12-10-17-30(36)16-5-1)37-25-13-11-22-33(37)41-38(46)28-27-34-40-35(23-15-26-39(40)50-42(34)41)45-48-43(31-18-6-3-7-19-31)47-44(49-45)32-20-8-4-9-21-32/h1-15,17-28H,16,29H2/b5-1-,14-2-. The van der Waals surface area contributed by atoms with Crippen molar-refractivity contribution < 1.29 is 4.42 Å². The van der Waals surface area contributed by atoms with Crippen LogP contribution in [0.15, 0.2) is 168 Å². The highest BCUT2D eigenvalue weighted by Crippen LogP contribution is 2.58. The zero-order valence-electron chi connectivity index (χ0n) is 27.3. The smallest absolute Gasteiger partial charge is 0.164 e. The first kappa shape index (κ1) is 28.6. The molecule has 10 rings (SSSR count). The summed E-state index contributed by atoms with van der Waals surface area (Å²) in [5.41, 5.74) is 11.9. The Morgan fingerprint density at radius 2 is 1.14 bits per heavy atom. The molecule has 2 heterocycles. The molecule has 0 aliphatic heterocycles. The molecule has 1 spiro atoms. The van der Waals surface area contributed by atoms with Gasteiger partial charge < -0.3 is 4.42 Å². The van der Waals surface area contributed by atoms with E-state index in [0.29, 0.717) is 17.5 Å². The van der Waals surface area contributed by atoms with Crippen molar-refractivity contribution >= 4 is 21.9 Å². The van der Waals surface area contributed by atoms with Gasteiger partial charge in [-0.1, -0.05) is 158 Å². The van der Waals surface area contributed by atoms with Crippen molar-refractivity contribution in [3.05, 3.63) is 186 Å². The number of hydrogen-bond acceptors (Lipinski definition) is 4. The highest BCUT2D eigenvalue weighted by molar-refractivity contribution is 6.16. The predicted molar refractivity (Wildman–Crippen MR) is 202 cm³/mol. The third-order valence-corrected chi connectivity index (χ3v) is 10.3. The third kappa shape index (κ3) is 4.28. The SMILES string of the molecule is C1=C\Cc2ccccc2C2(C\C=C/1)c1ccccc1-c1c2ccc2c1oc1cccc(-c3nc(-c4ccccc4)nc(-c4ccccc4)n3)c12. The molecule has 4 heteroatoms. The van der Waals surface area contributed by atoms with Gasteiger partial charge >= 0.3 is 0 Å². The molecule has 2 aliphatic carbocycles. The molecular formula is C46H31N3O. The number of allylic oxidation sites excluding steroid dienone is 4. The Bertz CT molecular complexity index is 2600. The number of hydrogen-bond donors (Lipinski definition) is 0. The van der Waals surface area contributed by atoms with Crippen LogP contribution in [0, 0.1) is 0 Å². The van der Waals surface area contributed by atoms with Gasteiger partial charge in [-0.3, -0.25) is 0 Å². The van der Waals surface area contributed by atoms with E-state index in [9.17, 15) is 0 Å². The molecule has 2 aromatic heterocycles. The number of nitrogens with zero attached hydrogens (tertiary/aromatic N) is 3. The van der Waals surface area contributed by atoms with Gasteiger partial charge in [-0.25, -0.2) is 15.0 Å². The molecule has 0 fully saturated rings. The zero-order valence-corrected chi connectivity index (χ0v) is 27.3. The van der Waals surface area contributed by atoms with Crippen LogP contribution >= 0.6 is 0 Å². The van der Waals surface area contributed by atoms with E-state index in [4.69, 9.17) is 19.4 Å². The lowest BCUT2D eigenvalue weighted by Gasteiger charge is -2.33. The molecule has 0 bridgehead atoms. The second-order valence-electron chi connectivity index (χ2n) is 13.1. The van der Waals surface area contributed by atoms with Crippen molar-refractivity contribution in [2.24, 2.45) is 0 Å². The van der Waals surface area contributed by atoms with E-state index in [1.807, 2.05) is 66.7 Å². The van der Waals surface area contributed by atoms with Gasteiger partial charge in [0.15, 0.2) is 17.5 Å². The van der Waals surface area contributed by atoms with Gasteiger partial charge in [0.1, 0.15) is 11.2 Å². The van der Waals surface area contributed by atoms with Gasteiger partial charge in [-0.05, 0) is 46.7 Å². The maximum absolute atomic E-state index is 6.95.